The zero-order valence-electron chi connectivity index (χ0n) is 8.67. The topological polar surface area (TPSA) is 12.0 Å². The maximum atomic E-state index is 12.3. The molecule has 1 N–H and O–H groups in total. The summed E-state index contributed by atoms with van der Waals surface area (Å²) in [4.78, 5) is 0.968. The molecule has 1 atom stereocenters. The van der Waals surface area contributed by atoms with Gasteiger partial charge in [0.2, 0.25) is 0 Å². The summed E-state index contributed by atoms with van der Waals surface area (Å²) in [5.41, 5.74) is 0. The minimum atomic E-state index is -0.565. The van der Waals surface area contributed by atoms with Gasteiger partial charge in [-0.1, -0.05) is 6.07 Å². The monoisotopic (exact) mass is 231 g/mol. The maximum absolute atomic E-state index is 12.3. The lowest BCUT2D eigenvalue weighted by atomic mass is 10.4. The van der Waals surface area contributed by atoms with E-state index in [0.717, 1.165) is 11.4 Å². The Bertz CT molecular complexity index is 288. The van der Waals surface area contributed by atoms with Gasteiger partial charge in [-0.2, -0.15) is 0 Å². The fraction of sp³-hybridized carbons (Fsp3) is 0.455. The van der Waals surface area contributed by atoms with Gasteiger partial charge in [0.25, 0.3) is 0 Å². The maximum Gasteiger partial charge on any atom is 0.124 e. The summed E-state index contributed by atoms with van der Waals surface area (Å²) in [5, 5.41) is 2.90. The van der Waals surface area contributed by atoms with E-state index in [1.807, 2.05) is 12.3 Å². The quantitative estimate of drug-likeness (QED) is 0.746. The molecule has 4 heteroatoms. The summed E-state index contributed by atoms with van der Waals surface area (Å²) in [6.07, 6.45) is 2.07. The normalized spacial score (nSPS) is 19.5. The van der Waals surface area contributed by atoms with Gasteiger partial charge in [0.15, 0.2) is 0 Å². The molecule has 1 aliphatic heterocycles. The van der Waals surface area contributed by atoms with Gasteiger partial charge in [-0.15, -0.1) is 11.8 Å². The van der Waals surface area contributed by atoms with Crippen molar-refractivity contribution in [2.24, 2.45) is 0 Å². The number of benzene rings is 1. The molecule has 1 fully saturated rings. The standard InChI is InChI=1S/C7H7FS.C4H8FN/c1-9-7-4-2-3-6(8)5-7;5-4-1-2-6-3-4/h2-5H,1H3;4,6H,1-3H2. The Balaban J connectivity index is 0.000000162. The van der Waals surface area contributed by atoms with Crippen molar-refractivity contribution in [3.05, 3.63) is 30.1 Å². The van der Waals surface area contributed by atoms with Crippen LogP contribution in [-0.4, -0.2) is 25.5 Å². The number of alkyl halides is 1. The van der Waals surface area contributed by atoms with Gasteiger partial charge in [0.05, 0.1) is 0 Å². The van der Waals surface area contributed by atoms with Crippen LogP contribution in [0.25, 0.3) is 0 Å². The summed E-state index contributed by atoms with van der Waals surface area (Å²) < 4.78 is 24.2. The van der Waals surface area contributed by atoms with Crippen LogP contribution in [0.2, 0.25) is 0 Å². The number of hydrogen-bond donors (Lipinski definition) is 1. The molecule has 1 aliphatic rings. The molecule has 1 unspecified atom stereocenters. The van der Waals surface area contributed by atoms with E-state index in [9.17, 15) is 8.78 Å². The summed E-state index contributed by atoms with van der Waals surface area (Å²) in [6, 6.07) is 6.55. The van der Waals surface area contributed by atoms with E-state index < -0.39 is 6.17 Å². The summed E-state index contributed by atoms with van der Waals surface area (Å²) in [7, 11) is 0. The molecule has 0 aromatic heterocycles. The van der Waals surface area contributed by atoms with E-state index in [0.29, 0.717) is 13.0 Å². The molecule has 0 aliphatic carbocycles. The van der Waals surface area contributed by atoms with Crippen LogP contribution >= 0.6 is 11.8 Å². The SMILES string of the molecule is CSc1cccc(F)c1.FC1CCNC1. The molecule has 84 valence electrons. The predicted octanol–water partition coefficient (Wildman–Crippen LogP) is 2.87. The fourth-order valence-electron chi connectivity index (χ4n) is 1.21. The number of rotatable bonds is 1. The summed E-state index contributed by atoms with van der Waals surface area (Å²) in [6.45, 7) is 1.43. The highest BCUT2D eigenvalue weighted by molar-refractivity contribution is 7.98. The minimum absolute atomic E-state index is 0.165. The second kappa shape index (κ2) is 6.80. The lowest BCUT2D eigenvalue weighted by Crippen LogP contribution is -2.08. The second-order valence-electron chi connectivity index (χ2n) is 3.25. The van der Waals surface area contributed by atoms with E-state index in [4.69, 9.17) is 0 Å². The number of halogens is 2. The molecule has 1 heterocycles. The van der Waals surface area contributed by atoms with E-state index in [1.54, 1.807) is 17.8 Å². The zero-order valence-corrected chi connectivity index (χ0v) is 9.49. The average molecular weight is 231 g/mol. The molecular weight excluding hydrogens is 216 g/mol. The highest BCUT2D eigenvalue weighted by Gasteiger charge is 2.10. The van der Waals surface area contributed by atoms with Crippen LogP contribution in [0.3, 0.4) is 0 Å². The average Bonchev–Trinajstić information content (AvgIpc) is 2.70. The van der Waals surface area contributed by atoms with E-state index in [-0.39, 0.29) is 5.82 Å². The van der Waals surface area contributed by atoms with Crippen molar-refractivity contribution in [2.75, 3.05) is 19.3 Å². The van der Waals surface area contributed by atoms with Gasteiger partial charge in [-0.25, -0.2) is 8.78 Å². The molecule has 0 saturated carbocycles. The highest BCUT2D eigenvalue weighted by atomic mass is 32.2. The van der Waals surface area contributed by atoms with Gasteiger partial charge in [-0.3, -0.25) is 0 Å². The minimum Gasteiger partial charge on any atom is -0.314 e. The van der Waals surface area contributed by atoms with Crippen LogP contribution in [0.15, 0.2) is 29.2 Å². The third-order valence-electron chi connectivity index (χ3n) is 2.03. The van der Waals surface area contributed by atoms with Crippen molar-refractivity contribution >= 4 is 11.8 Å². The second-order valence-corrected chi connectivity index (χ2v) is 4.13. The first-order valence-electron chi connectivity index (χ1n) is 4.86. The molecule has 15 heavy (non-hydrogen) atoms. The molecule has 0 radical (unpaired) electrons. The van der Waals surface area contributed by atoms with Crippen LogP contribution in [-0.2, 0) is 0 Å². The van der Waals surface area contributed by atoms with Crippen molar-refractivity contribution in [2.45, 2.75) is 17.5 Å². The molecule has 1 aromatic carbocycles. The molecular formula is C11H15F2NS. The Hall–Kier alpha value is -0.610. The Morgan fingerprint density at radius 1 is 1.47 bits per heavy atom. The third kappa shape index (κ3) is 5.14. The van der Waals surface area contributed by atoms with Crippen molar-refractivity contribution in [1.29, 1.82) is 0 Å². The van der Waals surface area contributed by atoms with Gasteiger partial charge in [-0.05, 0) is 37.4 Å². The molecule has 1 nitrogen and oxygen atoms in total. The van der Waals surface area contributed by atoms with E-state index in [2.05, 4.69) is 5.32 Å². The Kier molecular flexibility index (Phi) is 5.65. The third-order valence-corrected chi connectivity index (χ3v) is 2.76. The van der Waals surface area contributed by atoms with E-state index >= 15 is 0 Å². The first-order chi connectivity index (χ1) is 7.22. The number of thioether (sulfide) groups is 1. The Morgan fingerprint density at radius 2 is 2.27 bits per heavy atom. The zero-order chi connectivity index (χ0) is 11.1. The molecule has 0 bridgehead atoms. The number of nitrogens with one attached hydrogen (secondary N) is 1. The smallest absolute Gasteiger partial charge is 0.124 e. The molecule has 0 spiro atoms. The lowest BCUT2D eigenvalue weighted by molar-refractivity contribution is 0.361. The van der Waals surface area contributed by atoms with Crippen LogP contribution < -0.4 is 5.32 Å². The highest BCUT2D eigenvalue weighted by Crippen LogP contribution is 2.14. The summed E-state index contributed by atoms with van der Waals surface area (Å²) in [5.74, 6) is -0.165. The van der Waals surface area contributed by atoms with Crippen LogP contribution in [0.5, 0.6) is 0 Å². The molecule has 0 amide bonds. The van der Waals surface area contributed by atoms with Gasteiger partial charge < -0.3 is 5.32 Å². The number of hydrogen-bond acceptors (Lipinski definition) is 2. The first kappa shape index (κ1) is 12.5. The molecule has 1 aromatic rings. The summed E-state index contributed by atoms with van der Waals surface area (Å²) >= 11 is 1.54. The van der Waals surface area contributed by atoms with Gasteiger partial charge in [0.1, 0.15) is 12.0 Å². The van der Waals surface area contributed by atoms with Crippen LogP contribution in [0.4, 0.5) is 8.78 Å². The molecule has 1 saturated heterocycles. The van der Waals surface area contributed by atoms with Crippen molar-refractivity contribution in [1.82, 2.24) is 5.32 Å². The fourth-order valence-corrected chi connectivity index (χ4v) is 1.66. The molecule has 2 rings (SSSR count). The van der Waals surface area contributed by atoms with Crippen molar-refractivity contribution in [3.63, 3.8) is 0 Å². The van der Waals surface area contributed by atoms with Gasteiger partial charge >= 0.3 is 0 Å². The first-order valence-corrected chi connectivity index (χ1v) is 6.09. The predicted molar refractivity (Wildman–Crippen MR) is 60.6 cm³/mol. The van der Waals surface area contributed by atoms with Crippen LogP contribution in [0, 0.1) is 5.82 Å². The Morgan fingerprint density at radius 3 is 2.60 bits per heavy atom. The van der Waals surface area contributed by atoms with Crippen molar-refractivity contribution < 1.29 is 8.78 Å². The van der Waals surface area contributed by atoms with Crippen molar-refractivity contribution in [3.8, 4) is 0 Å². The largest absolute Gasteiger partial charge is 0.314 e. The Labute approximate surface area is 93.3 Å². The van der Waals surface area contributed by atoms with E-state index in [1.165, 1.54) is 12.1 Å². The van der Waals surface area contributed by atoms with Gasteiger partial charge in [0, 0.05) is 11.4 Å². The lowest BCUT2D eigenvalue weighted by Gasteiger charge is -1.92. The van der Waals surface area contributed by atoms with Crippen LogP contribution in [0.1, 0.15) is 6.42 Å².